The second kappa shape index (κ2) is 2.85. The lowest BCUT2D eigenvalue weighted by atomic mass is 10.2. The maximum Gasteiger partial charge on any atom is 0.346 e. The number of benzene rings is 1. The summed E-state index contributed by atoms with van der Waals surface area (Å²) in [5, 5.41) is 9.86. The molecule has 0 aliphatic carbocycles. The van der Waals surface area contributed by atoms with Crippen LogP contribution in [0.4, 0.5) is 0 Å². The van der Waals surface area contributed by atoms with E-state index >= 15 is 0 Å². The zero-order chi connectivity index (χ0) is 9.42. The average molecular weight is 241 g/mol. The number of hydrogen-bond acceptors (Lipinski definition) is 3. The number of nitrogens with one attached hydrogen (secondary N) is 1. The van der Waals surface area contributed by atoms with Crippen LogP contribution in [0.2, 0.25) is 0 Å². The molecule has 0 saturated heterocycles. The van der Waals surface area contributed by atoms with Gasteiger partial charge in [0.1, 0.15) is 5.75 Å². The molecule has 13 heavy (non-hydrogen) atoms. The minimum atomic E-state index is -0.412. The van der Waals surface area contributed by atoms with Gasteiger partial charge >= 0.3 is 5.69 Å². The quantitative estimate of drug-likeness (QED) is 0.685. The number of aromatic hydroxyl groups is 1. The fraction of sp³-hybridized carbons (Fsp3) is 0. The zero-order valence-corrected chi connectivity index (χ0v) is 8.00. The first-order valence-electron chi connectivity index (χ1n) is 3.55. The van der Waals surface area contributed by atoms with Gasteiger partial charge in [-0.2, -0.15) is 4.98 Å². The number of aromatic amines is 1. The Balaban J connectivity index is 2.95. The van der Waals surface area contributed by atoms with E-state index in [1.165, 1.54) is 12.1 Å². The van der Waals surface area contributed by atoms with Crippen LogP contribution in [0.5, 0.6) is 5.75 Å². The molecule has 0 amide bonds. The Morgan fingerprint density at radius 2 is 2.23 bits per heavy atom. The SMILES string of the molecule is O=c1nc2ccc(O)cc2c(Br)[nH]1. The normalized spacial score (nSPS) is 10.5. The molecule has 2 rings (SSSR count). The van der Waals surface area contributed by atoms with Gasteiger partial charge in [-0.15, -0.1) is 0 Å². The van der Waals surface area contributed by atoms with E-state index in [0.717, 1.165) is 0 Å². The lowest BCUT2D eigenvalue weighted by Gasteiger charge is -1.98. The minimum Gasteiger partial charge on any atom is -0.508 e. The summed E-state index contributed by atoms with van der Waals surface area (Å²) in [6.45, 7) is 0. The monoisotopic (exact) mass is 240 g/mol. The molecule has 2 N–H and O–H groups in total. The molecule has 0 saturated carbocycles. The van der Waals surface area contributed by atoms with Crippen LogP contribution in [0.3, 0.4) is 0 Å². The molecule has 0 unspecified atom stereocenters. The third-order valence-corrected chi connectivity index (χ3v) is 2.28. The summed E-state index contributed by atoms with van der Waals surface area (Å²) in [5.74, 6) is 0.141. The molecule has 0 radical (unpaired) electrons. The van der Waals surface area contributed by atoms with E-state index in [-0.39, 0.29) is 5.75 Å². The molecular weight excluding hydrogens is 236 g/mol. The number of halogens is 1. The highest BCUT2D eigenvalue weighted by Crippen LogP contribution is 2.22. The third-order valence-electron chi connectivity index (χ3n) is 1.66. The molecule has 0 aliphatic rings. The highest BCUT2D eigenvalue weighted by atomic mass is 79.9. The highest BCUT2D eigenvalue weighted by molar-refractivity contribution is 9.10. The van der Waals surface area contributed by atoms with Crippen LogP contribution in [-0.4, -0.2) is 15.1 Å². The van der Waals surface area contributed by atoms with Crippen molar-refractivity contribution in [3.05, 3.63) is 33.3 Å². The van der Waals surface area contributed by atoms with Crippen molar-refractivity contribution in [2.24, 2.45) is 0 Å². The Morgan fingerprint density at radius 3 is 3.00 bits per heavy atom. The first kappa shape index (κ1) is 8.25. The second-order valence-electron chi connectivity index (χ2n) is 2.56. The van der Waals surface area contributed by atoms with Gasteiger partial charge < -0.3 is 5.11 Å². The summed E-state index contributed by atoms with van der Waals surface area (Å²) in [7, 11) is 0. The maximum atomic E-state index is 10.9. The Hall–Kier alpha value is -1.36. The predicted molar refractivity (Wildman–Crippen MR) is 51.7 cm³/mol. The number of fused-ring (bicyclic) bond motifs is 1. The first-order valence-corrected chi connectivity index (χ1v) is 4.34. The number of rotatable bonds is 0. The summed E-state index contributed by atoms with van der Waals surface area (Å²) in [6.07, 6.45) is 0. The summed E-state index contributed by atoms with van der Waals surface area (Å²) >= 11 is 3.18. The smallest absolute Gasteiger partial charge is 0.346 e. The molecule has 0 aliphatic heterocycles. The fourth-order valence-electron chi connectivity index (χ4n) is 1.10. The van der Waals surface area contributed by atoms with Gasteiger partial charge in [0, 0.05) is 5.39 Å². The van der Waals surface area contributed by atoms with Gasteiger partial charge in [-0.05, 0) is 34.1 Å². The van der Waals surface area contributed by atoms with Gasteiger partial charge in [-0.25, -0.2) is 4.79 Å². The van der Waals surface area contributed by atoms with Crippen molar-refractivity contribution in [1.29, 1.82) is 0 Å². The van der Waals surface area contributed by atoms with Crippen molar-refractivity contribution < 1.29 is 5.11 Å². The molecule has 1 aromatic heterocycles. The van der Waals surface area contributed by atoms with Crippen LogP contribution in [0, 0.1) is 0 Å². The van der Waals surface area contributed by atoms with E-state index in [4.69, 9.17) is 0 Å². The van der Waals surface area contributed by atoms with Gasteiger partial charge in [0.2, 0.25) is 0 Å². The largest absolute Gasteiger partial charge is 0.508 e. The van der Waals surface area contributed by atoms with Crippen molar-refractivity contribution in [3.8, 4) is 5.75 Å². The molecule has 5 heteroatoms. The minimum absolute atomic E-state index is 0.141. The van der Waals surface area contributed by atoms with Crippen LogP contribution in [0.1, 0.15) is 0 Å². The molecule has 2 aromatic rings. The Kier molecular flexibility index (Phi) is 1.81. The number of aromatic nitrogens is 2. The van der Waals surface area contributed by atoms with Crippen molar-refractivity contribution in [3.63, 3.8) is 0 Å². The standard InChI is InChI=1S/C8H5BrN2O2/c9-7-5-3-4(12)1-2-6(5)10-8(13)11-7/h1-3,12H,(H,10,11,13). The maximum absolute atomic E-state index is 10.9. The van der Waals surface area contributed by atoms with E-state index in [9.17, 15) is 9.90 Å². The third kappa shape index (κ3) is 1.42. The molecule has 66 valence electrons. The second-order valence-corrected chi connectivity index (χ2v) is 3.35. The van der Waals surface area contributed by atoms with E-state index in [0.29, 0.717) is 15.5 Å². The summed E-state index contributed by atoms with van der Waals surface area (Å²) in [6, 6.07) is 4.61. The van der Waals surface area contributed by atoms with Crippen LogP contribution < -0.4 is 5.69 Å². The van der Waals surface area contributed by atoms with E-state index < -0.39 is 5.69 Å². The van der Waals surface area contributed by atoms with Crippen LogP contribution >= 0.6 is 15.9 Å². The summed E-state index contributed by atoms with van der Waals surface area (Å²) in [4.78, 5) is 17.1. The van der Waals surface area contributed by atoms with Gasteiger partial charge in [0.15, 0.2) is 0 Å². The van der Waals surface area contributed by atoms with E-state index in [2.05, 4.69) is 25.9 Å². The molecule has 0 atom stereocenters. The lowest BCUT2D eigenvalue weighted by Crippen LogP contribution is -2.09. The Morgan fingerprint density at radius 1 is 1.46 bits per heavy atom. The molecular formula is C8H5BrN2O2. The van der Waals surface area contributed by atoms with Gasteiger partial charge in [0.25, 0.3) is 0 Å². The Bertz CT molecular complexity index is 521. The first-order chi connectivity index (χ1) is 6.16. The van der Waals surface area contributed by atoms with E-state index in [1.54, 1.807) is 6.07 Å². The van der Waals surface area contributed by atoms with Crippen molar-refractivity contribution in [2.45, 2.75) is 0 Å². The molecule has 0 spiro atoms. The molecule has 4 nitrogen and oxygen atoms in total. The number of H-pyrrole nitrogens is 1. The van der Waals surface area contributed by atoms with Crippen LogP contribution in [-0.2, 0) is 0 Å². The topological polar surface area (TPSA) is 66.0 Å². The number of phenolic OH excluding ortho intramolecular Hbond substituents is 1. The number of hydrogen-bond donors (Lipinski definition) is 2. The predicted octanol–water partition coefficient (Wildman–Crippen LogP) is 1.39. The van der Waals surface area contributed by atoms with E-state index in [1.807, 2.05) is 0 Å². The van der Waals surface area contributed by atoms with Gasteiger partial charge in [-0.3, -0.25) is 4.98 Å². The molecule has 0 bridgehead atoms. The number of nitrogens with zero attached hydrogens (tertiary/aromatic N) is 1. The average Bonchev–Trinajstić information content (AvgIpc) is 2.06. The summed E-state index contributed by atoms with van der Waals surface area (Å²) < 4.78 is 0.526. The molecule has 1 aromatic carbocycles. The van der Waals surface area contributed by atoms with Crippen molar-refractivity contribution >= 4 is 26.8 Å². The van der Waals surface area contributed by atoms with Crippen molar-refractivity contribution in [2.75, 3.05) is 0 Å². The van der Waals surface area contributed by atoms with Crippen molar-refractivity contribution in [1.82, 2.24) is 9.97 Å². The summed E-state index contributed by atoms with van der Waals surface area (Å²) in [5.41, 5.74) is 0.137. The fourth-order valence-corrected chi connectivity index (χ4v) is 1.58. The zero-order valence-electron chi connectivity index (χ0n) is 6.41. The highest BCUT2D eigenvalue weighted by Gasteiger charge is 2.02. The van der Waals surface area contributed by atoms with Gasteiger partial charge in [0.05, 0.1) is 10.1 Å². The van der Waals surface area contributed by atoms with Crippen LogP contribution in [0.15, 0.2) is 27.6 Å². The Labute approximate surface area is 81.4 Å². The van der Waals surface area contributed by atoms with Gasteiger partial charge in [-0.1, -0.05) is 0 Å². The molecule has 0 fully saturated rings. The lowest BCUT2D eigenvalue weighted by molar-refractivity contribution is 0.476. The number of phenols is 1. The van der Waals surface area contributed by atoms with Crippen LogP contribution in [0.25, 0.3) is 10.9 Å². The molecule has 1 heterocycles.